The van der Waals surface area contributed by atoms with Gasteiger partial charge in [0.05, 0.1) is 5.56 Å². The smallest absolute Gasteiger partial charge is 0.256 e. The van der Waals surface area contributed by atoms with E-state index in [4.69, 9.17) is 0 Å². The zero-order valence-electron chi connectivity index (χ0n) is 11.3. The normalized spacial score (nSPS) is 10.4. The van der Waals surface area contributed by atoms with Crippen LogP contribution in [0.1, 0.15) is 28.4 Å². The number of hydrogen-bond acceptors (Lipinski definition) is 1. The number of rotatable bonds is 3. The van der Waals surface area contributed by atoms with Crippen molar-refractivity contribution in [1.29, 1.82) is 0 Å². The number of halogens is 2. The Hall–Kier alpha value is -1.13. The molecule has 1 amide bonds. The average molecular weight is 397 g/mol. The van der Waals surface area contributed by atoms with E-state index in [-0.39, 0.29) is 5.91 Å². The maximum atomic E-state index is 12.4. The van der Waals surface area contributed by atoms with Gasteiger partial charge < -0.3 is 5.32 Å². The van der Waals surface area contributed by atoms with Crippen molar-refractivity contribution in [3.8, 4) is 0 Å². The molecule has 0 unspecified atom stereocenters. The Bertz CT molecular complexity index is 653. The van der Waals surface area contributed by atoms with Crippen molar-refractivity contribution in [1.82, 2.24) is 0 Å². The Morgan fingerprint density at radius 2 is 1.95 bits per heavy atom. The summed E-state index contributed by atoms with van der Waals surface area (Å²) in [5.41, 5.74) is 3.66. The van der Waals surface area contributed by atoms with E-state index in [0.717, 1.165) is 32.2 Å². The fraction of sp³-hybridized carbons (Fsp3) is 0.188. The van der Waals surface area contributed by atoms with Crippen molar-refractivity contribution in [2.75, 3.05) is 5.32 Å². The van der Waals surface area contributed by atoms with Crippen LogP contribution in [-0.4, -0.2) is 5.91 Å². The number of benzene rings is 2. The zero-order chi connectivity index (χ0) is 14.7. The highest BCUT2D eigenvalue weighted by molar-refractivity contribution is 9.10. The molecule has 2 rings (SSSR count). The monoisotopic (exact) mass is 395 g/mol. The molecule has 104 valence electrons. The molecule has 0 saturated heterocycles. The van der Waals surface area contributed by atoms with Crippen LogP contribution in [0.15, 0.2) is 45.3 Å². The maximum Gasteiger partial charge on any atom is 0.256 e. The Morgan fingerprint density at radius 3 is 2.65 bits per heavy atom. The summed E-state index contributed by atoms with van der Waals surface area (Å²) in [5.74, 6) is -0.0994. The van der Waals surface area contributed by atoms with Crippen LogP contribution < -0.4 is 5.32 Å². The minimum absolute atomic E-state index is 0.0994. The summed E-state index contributed by atoms with van der Waals surface area (Å²) in [5, 5.41) is 2.98. The highest BCUT2D eigenvalue weighted by Gasteiger charge is 2.13. The van der Waals surface area contributed by atoms with E-state index in [9.17, 15) is 4.79 Å². The van der Waals surface area contributed by atoms with Crippen LogP contribution in [0.3, 0.4) is 0 Å². The molecule has 0 aromatic heterocycles. The Balaban J connectivity index is 2.30. The largest absolute Gasteiger partial charge is 0.322 e. The molecule has 2 nitrogen and oxygen atoms in total. The van der Waals surface area contributed by atoms with E-state index in [2.05, 4.69) is 44.1 Å². The minimum atomic E-state index is -0.0994. The van der Waals surface area contributed by atoms with Gasteiger partial charge in [0.15, 0.2) is 0 Å². The molecule has 0 aliphatic rings. The Morgan fingerprint density at radius 1 is 1.20 bits per heavy atom. The van der Waals surface area contributed by atoms with Crippen LogP contribution in [0.4, 0.5) is 5.69 Å². The summed E-state index contributed by atoms with van der Waals surface area (Å²) in [4.78, 5) is 12.4. The molecule has 0 aliphatic carbocycles. The molecule has 0 radical (unpaired) electrons. The molecule has 2 aromatic rings. The van der Waals surface area contributed by atoms with Crippen LogP contribution >= 0.6 is 31.9 Å². The van der Waals surface area contributed by atoms with Crippen molar-refractivity contribution >= 4 is 43.5 Å². The second kappa shape index (κ2) is 6.55. The molecule has 20 heavy (non-hydrogen) atoms. The van der Waals surface area contributed by atoms with Crippen LogP contribution in [0.5, 0.6) is 0 Å². The van der Waals surface area contributed by atoms with Gasteiger partial charge in [-0.3, -0.25) is 4.79 Å². The van der Waals surface area contributed by atoms with E-state index in [0.29, 0.717) is 5.56 Å². The van der Waals surface area contributed by atoms with E-state index in [1.165, 1.54) is 0 Å². The number of nitrogens with one attached hydrogen (secondary N) is 1. The van der Waals surface area contributed by atoms with Crippen molar-refractivity contribution in [2.45, 2.75) is 20.3 Å². The van der Waals surface area contributed by atoms with Gasteiger partial charge in [-0.25, -0.2) is 0 Å². The molecule has 0 fully saturated rings. The minimum Gasteiger partial charge on any atom is -0.322 e. The molecular formula is C16H15Br2NO. The van der Waals surface area contributed by atoms with Gasteiger partial charge in [-0.15, -0.1) is 0 Å². The van der Waals surface area contributed by atoms with E-state index in [1.807, 2.05) is 43.3 Å². The first kappa shape index (κ1) is 15.3. The van der Waals surface area contributed by atoms with Gasteiger partial charge in [0.2, 0.25) is 0 Å². The lowest BCUT2D eigenvalue weighted by Crippen LogP contribution is -2.14. The van der Waals surface area contributed by atoms with Crippen LogP contribution in [0.25, 0.3) is 0 Å². The lowest BCUT2D eigenvalue weighted by atomic mass is 10.1. The van der Waals surface area contributed by atoms with E-state index in [1.54, 1.807) is 0 Å². The maximum absolute atomic E-state index is 12.4. The third kappa shape index (κ3) is 3.30. The first-order chi connectivity index (χ1) is 9.52. The molecular weight excluding hydrogens is 382 g/mol. The number of carbonyl (C=O) groups excluding carboxylic acids is 1. The van der Waals surface area contributed by atoms with Crippen molar-refractivity contribution < 1.29 is 4.79 Å². The summed E-state index contributed by atoms with van der Waals surface area (Å²) < 4.78 is 1.86. The summed E-state index contributed by atoms with van der Waals surface area (Å²) >= 11 is 6.92. The first-order valence-electron chi connectivity index (χ1n) is 6.37. The lowest BCUT2D eigenvalue weighted by molar-refractivity contribution is 0.102. The van der Waals surface area contributed by atoms with E-state index >= 15 is 0 Å². The highest BCUT2D eigenvalue weighted by atomic mass is 79.9. The standard InChI is InChI=1S/C16H15Br2NO/c1-3-11-9-12(17)7-8-14(11)19-16(20)13-6-4-5-10(2)15(13)18/h4-9H,3H2,1-2H3,(H,19,20). The molecule has 0 bridgehead atoms. The number of amides is 1. The summed E-state index contributed by atoms with van der Waals surface area (Å²) in [6.07, 6.45) is 0.865. The molecule has 0 spiro atoms. The number of hydrogen-bond donors (Lipinski definition) is 1. The highest BCUT2D eigenvalue weighted by Crippen LogP contribution is 2.25. The molecule has 2 aromatic carbocycles. The molecule has 0 saturated carbocycles. The van der Waals surface area contributed by atoms with Gasteiger partial charge >= 0.3 is 0 Å². The van der Waals surface area contributed by atoms with Gasteiger partial charge in [-0.05, 0) is 64.7 Å². The Kier molecular flexibility index (Phi) is 5.00. The number of anilines is 1. The van der Waals surface area contributed by atoms with Gasteiger partial charge in [0.25, 0.3) is 5.91 Å². The summed E-state index contributed by atoms with van der Waals surface area (Å²) in [6, 6.07) is 11.6. The molecule has 1 N–H and O–H groups in total. The lowest BCUT2D eigenvalue weighted by Gasteiger charge is -2.12. The second-order valence-electron chi connectivity index (χ2n) is 4.55. The zero-order valence-corrected chi connectivity index (χ0v) is 14.5. The predicted molar refractivity (Wildman–Crippen MR) is 90.4 cm³/mol. The third-order valence-electron chi connectivity index (χ3n) is 3.13. The molecule has 4 heteroatoms. The molecule has 0 atom stereocenters. The fourth-order valence-corrected chi connectivity index (χ4v) is 2.84. The topological polar surface area (TPSA) is 29.1 Å². The van der Waals surface area contributed by atoms with Crippen molar-refractivity contribution in [3.63, 3.8) is 0 Å². The molecule has 0 heterocycles. The summed E-state index contributed by atoms with van der Waals surface area (Å²) in [6.45, 7) is 4.04. The second-order valence-corrected chi connectivity index (χ2v) is 6.25. The van der Waals surface area contributed by atoms with Gasteiger partial charge in [0, 0.05) is 14.6 Å². The van der Waals surface area contributed by atoms with Gasteiger partial charge in [-0.2, -0.15) is 0 Å². The van der Waals surface area contributed by atoms with Crippen molar-refractivity contribution in [3.05, 3.63) is 62.0 Å². The number of aryl methyl sites for hydroxylation is 2. The fourth-order valence-electron chi connectivity index (χ4n) is 1.99. The summed E-state index contributed by atoms with van der Waals surface area (Å²) in [7, 11) is 0. The number of carbonyl (C=O) groups is 1. The van der Waals surface area contributed by atoms with Gasteiger partial charge in [0.1, 0.15) is 0 Å². The van der Waals surface area contributed by atoms with Crippen LogP contribution in [0.2, 0.25) is 0 Å². The third-order valence-corrected chi connectivity index (χ3v) is 4.68. The quantitative estimate of drug-likeness (QED) is 0.745. The predicted octanol–water partition coefficient (Wildman–Crippen LogP) is 5.33. The van der Waals surface area contributed by atoms with Crippen molar-refractivity contribution in [2.24, 2.45) is 0 Å². The van der Waals surface area contributed by atoms with E-state index < -0.39 is 0 Å². The Labute approximate surface area is 135 Å². The SMILES string of the molecule is CCc1cc(Br)ccc1NC(=O)c1cccc(C)c1Br. The molecule has 0 aliphatic heterocycles. The van der Waals surface area contributed by atoms with Crippen LogP contribution in [-0.2, 0) is 6.42 Å². The first-order valence-corrected chi connectivity index (χ1v) is 7.96. The van der Waals surface area contributed by atoms with Crippen LogP contribution in [0, 0.1) is 6.92 Å². The average Bonchev–Trinajstić information content (AvgIpc) is 2.43. The van der Waals surface area contributed by atoms with Gasteiger partial charge in [-0.1, -0.05) is 35.0 Å².